The number of fused-ring (bicyclic) bond motifs is 6. The van der Waals surface area contributed by atoms with Crippen LogP contribution in [0, 0.1) is 23.7 Å². The Labute approximate surface area is 704 Å². The highest BCUT2D eigenvalue weighted by atomic mass is 16.6. The number of ketones is 2. The number of ether oxygens (including phenoxy) is 12. The minimum absolute atomic E-state index is 0.0466. The number of allylic oxidation sites excluding steroid dienone is 5. The Morgan fingerprint density at radius 1 is 0.725 bits per heavy atom. The number of hydrogen-bond acceptors (Lipinski definition) is 27. The molecule has 7 N–H and O–H groups in total. The summed E-state index contributed by atoms with van der Waals surface area (Å²) < 4.78 is 76.6. The Balaban J connectivity index is 0.510. The average molecular weight is 1670 g/mol. The molecule has 1 saturated carbocycles. The van der Waals surface area contributed by atoms with Crippen LogP contribution in [0.15, 0.2) is 94.7 Å². The molecule has 3 amide bonds. The molecule has 2 saturated heterocycles. The van der Waals surface area contributed by atoms with Crippen LogP contribution in [0.25, 0.3) is 33.4 Å². The second kappa shape index (κ2) is 49.6. The predicted molar refractivity (Wildman–Crippen MR) is 449 cm³/mol. The lowest BCUT2D eigenvalue weighted by atomic mass is 9.83. The molecule has 5 aliphatic rings. The fourth-order valence-corrected chi connectivity index (χ4v) is 16.1. The van der Waals surface area contributed by atoms with Gasteiger partial charge in [0.05, 0.1) is 148 Å². The maximum absolute atomic E-state index is 14.4. The normalized spacial score (nSPS) is 24.7. The number of methoxy groups -OCH3 is 1. The van der Waals surface area contributed by atoms with E-state index >= 15 is 0 Å². The molecule has 2 unspecified atom stereocenters. The first-order valence-electron chi connectivity index (χ1n) is 43.1. The van der Waals surface area contributed by atoms with Crippen molar-refractivity contribution >= 4 is 69.4 Å². The number of carbonyl (C=O) groups is 6. The van der Waals surface area contributed by atoms with E-state index in [0.717, 1.165) is 41.5 Å². The van der Waals surface area contributed by atoms with Gasteiger partial charge in [0.15, 0.2) is 11.2 Å². The molecule has 4 aliphatic heterocycles. The second-order valence-electron chi connectivity index (χ2n) is 32.2. The van der Waals surface area contributed by atoms with Gasteiger partial charge in [-0.05, 0) is 162 Å². The monoisotopic (exact) mass is 1670 g/mol. The van der Waals surface area contributed by atoms with Crippen LogP contribution in [0.2, 0.25) is 0 Å². The Morgan fingerprint density at radius 2 is 1.41 bits per heavy atom. The number of nitrogens with zero attached hydrogens (tertiary/aromatic N) is 7. The minimum Gasteiger partial charge on any atom is -0.460 e. The number of cyclic esters (lactones) is 1. The topological polar surface area (TPSA) is 394 Å². The summed E-state index contributed by atoms with van der Waals surface area (Å²) in [5.41, 5.74) is 20.2. The summed E-state index contributed by atoms with van der Waals surface area (Å²) in [6, 6.07) is 10.9. The molecule has 10 atom stereocenters. The number of hydrogen-bond donors (Lipinski definition) is 5. The van der Waals surface area contributed by atoms with Crippen LogP contribution < -0.4 is 16.8 Å². The van der Waals surface area contributed by atoms with E-state index in [-0.39, 0.29) is 92.7 Å². The van der Waals surface area contributed by atoms with Gasteiger partial charge in [0.2, 0.25) is 11.7 Å². The molecule has 2 aromatic carbocycles. The smallest absolute Gasteiger partial charge is 0.407 e. The molecule has 2 bridgehead atoms. The SMILES string of the molecule is CO[C@H]1CC2CCCC(O2)C(=O)C(=O)N2CCCC[C@H]2C(=O)O[C@H](C[C@H](O)CCC2CCC(OC(=O)NCCOCCOCCOCCOCCOCCOCCOCCOCCC(=O)N3CCc4cc(Cn5nc(-c6ccc7oc(N)nc7c6)c6c(N)ncnc65)ccc4C3)CC2)[C@H](C)/C=C(\C)[C@@H](O)CC(=O)[C@H](C)C[C@H](C)/C=C/C=C/C=C1C. The number of nitrogens with two attached hydrogens (primary N) is 2. The second-order valence-corrected chi connectivity index (χ2v) is 32.2. The number of esters is 1. The zero-order valence-corrected chi connectivity index (χ0v) is 70.9. The number of piperidine rings is 1. The zero-order valence-electron chi connectivity index (χ0n) is 70.9. The van der Waals surface area contributed by atoms with Gasteiger partial charge in [-0.3, -0.25) is 19.2 Å². The van der Waals surface area contributed by atoms with Gasteiger partial charge < -0.3 is 98.1 Å². The number of oxazole rings is 1. The number of benzene rings is 2. The highest BCUT2D eigenvalue weighted by Crippen LogP contribution is 2.36. The first-order chi connectivity index (χ1) is 58.2. The highest BCUT2D eigenvalue weighted by molar-refractivity contribution is 6.38. The van der Waals surface area contributed by atoms with Crippen molar-refractivity contribution in [1.29, 1.82) is 0 Å². The fraction of sp³-hybridized carbons (Fsp3) is 0.640. The Kier molecular flexibility index (Phi) is 38.8. The summed E-state index contributed by atoms with van der Waals surface area (Å²) in [5.74, 6) is -2.26. The van der Waals surface area contributed by atoms with Crippen molar-refractivity contribution < 1.29 is 100 Å². The van der Waals surface area contributed by atoms with Crippen LogP contribution in [0.4, 0.5) is 16.6 Å². The molecule has 5 aromatic rings. The quantitative estimate of drug-likeness (QED) is 0.0107. The summed E-state index contributed by atoms with van der Waals surface area (Å²) in [5, 5.41) is 31.5. The lowest BCUT2D eigenvalue weighted by Gasteiger charge is -2.37. The molecule has 0 radical (unpaired) electrons. The number of nitrogens with one attached hydrogen (secondary N) is 1. The molecule has 0 spiro atoms. The number of carbonyl (C=O) groups excluding carboxylic acids is 6. The van der Waals surface area contributed by atoms with Gasteiger partial charge in [-0.1, -0.05) is 75.4 Å². The molecule has 31 heteroatoms. The predicted octanol–water partition coefficient (Wildman–Crippen LogP) is 9.91. The molecule has 3 aromatic heterocycles. The van der Waals surface area contributed by atoms with E-state index in [0.29, 0.717) is 235 Å². The number of aliphatic hydroxyl groups is 2. The van der Waals surface area contributed by atoms with Crippen molar-refractivity contribution in [3.05, 3.63) is 107 Å². The van der Waals surface area contributed by atoms with Crippen molar-refractivity contribution in [2.75, 3.05) is 144 Å². The van der Waals surface area contributed by atoms with Gasteiger partial charge in [-0.2, -0.15) is 10.1 Å². The average Bonchev–Trinajstić information content (AvgIpc) is 1.61. The van der Waals surface area contributed by atoms with Crippen molar-refractivity contribution in [1.82, 2.24) is 39.8 Å². The Bertz CT molecular complexity index is 4200. The van der Waals surface area contributed by atoms with Gasteiger partial charge in [-0.15, -0.1) is 0 Å². The lowest BCUT2D eigenvalue weighted by Crippen LogP contribution is -2.54. The van der Waals surface area contributed by atoms with Crippen LogP contribution in [0.3, 0.4) is 0 Å². The third-order valence-corrected chi connectivity index (χ3v) is 23.0. The first kappa shape index (κ1) is 93.8. The van der Waals surface area contributed by atoms with Gasteiger partial charge in [0.1, 0.15) is 53.5 Å². The lowest BCUT2D eigenvalue weighted by molar-refractivity contribution is -0.168. The van der Waals surface area contributed by atoms with E-state index in [2.05, 4.69) is 45.4 Å². The molecule has 31 nitrogen and oxygen atoms in total. The third kappa shape index (κ3) is 29.7. The minimum atomic E-state index is -1.08. The van der Waals surface area contributed by atoms with Crippen molar-refractivity contribution in [2.45, 2.75) is 212 Å². The molecule has 7 heterocycles. The number of amides is 3. The fourth-order valence-electron chi connectivity index (χ4n) is 16.1. The van der Waals surface area contributed by atoms with Crippen LogP contribution in [-0.4, -0.2) is 261 Å². The number of nitrogen functional groups attached to an aromatic ring is 2. The van der Waals surface area contributed by atoms with Crippen LogP contribution in [-0.2, 0) is 100 Å². The third-order valence-electron chi connectivity index (χ3n) is 23.0. The van der Waals surface area contributed by atoms with Crippen molar-refractivity contribution in [2.24, 2.45) is 23.7 Å². The molecule has 3 fully saturated rings. The molecule has 120 heavy (non-hydrogen) atoms. The van der Waals surface area contributed by atoms with E-state index in [1.807, 2.05) is 72.9 Å². The maximum Gasteiger partial charge on any atom is 0.407 e. The summed E-state index contributed by atoms with van der Waals surface area (Å²) in [7, 11) is 1.64. The van der Waals surface area contributed by atoms with E-state index in [1.54, 1.807) is 26.2 Å². The number of aliphatic hydroxyl groups excluding tert-OH is 2. The highest BCUT2D eigenvalue weighted by Gasteiger charge is 2.42. The summed E-state index contributed by atoms with van der Waals surface area (Å²) >= 11 is 0. The molecule has 10 rings (SSSR count). The molecular weight excluding hydrogens is 1550 g/mol. The van der Waals surface area contributed by atoms with Crippen molar-refractivity contribution in [3.8, 4) is 11.3 Å². The zero-order chi connectivity index (χ0) is 85.1. The van der Waals surface area contributed by atoms with Gasteiger partial charge in [0.25, 0.3) is 11.9 Å². The van der Waals surface area contributed by atoms with Crippen LogP contribution in [0.1, 0.15) is 160 Å². The van der Waals surface area contributed by atoms with Crippen LogP contribution in [0.5, 0.6) is 0 Å². The first-order valence-corrected chi connectivity index (χ1v) is 43.1. The summed E-state index contributed by atoms with van der Waals surface area (Å²) in [4.78, 5) is 98.4. The number of Topliss-reactive ketones (excluding diaryl/α,β-unsaturated/α-hetero) is 2. The largest absolute Gasteiger partial charge is 0.460 e. The number of alkyl carbamates (subject to hydrolysis) is 1. The summed E-state index contributed by atoms with van der Waals surface area (Å²) in [6.07, 6.45) is 17.5. The van der Waals surface area contributed by atoms with Crippen molar-refractivity contribution in [3.63, 3.8) is 0 Å². The standard InChI is InChI=1S/C89H128N10O21/c1-59-13-8-7-9-14-60(2)78(108-6)54-71-15-12-17-77(117-71)83(104)86(105)98-31-11-10-16-73(98)87(106)119-79(63(5)50-62(4)75(102)55-74(101)61(3)49-59)53-69(100)24-19-64-20-25-70(26-21-64)118-89(107)92-30-34-110-36-38-112-40-42-114-44-46-116-48-47-115-45-43-113-41-39-111-37-35-109-33-29-80(103)97-32-28-66-51-65(18-22-68(66)57-97)56-99-85-81(84(90)93-58-94-85)82(96-99)67-23-27-76-72(52-67)95-88(91)120-76/h7-9,13-14,18,22-23,27,50-52,58-59,61,63-64,69-71,73,75,77-79,100,102H,10-12,15-17,19-21,24-26,28-49,53-57H2,1-6H3,(H2,91,95)(H,92,107)(H2,90,93,94)/b9-7+,13-8+,60-14?,62-50+/t59-,61-,63-,64?,69-,70?,71?,73+,75+,77?,78+,79-/m1/s1. The van der Waals surface area contributed by atoms with E-state index in [4.69, 9.17) is 77.8 Å². The van der Waals surface area contributed by atoms with Gasteiger partial charge in [0, 0.05) is 70.0 Å². The molecule has 660 valence electrons. The van der Waals surface area contributed by atoms with E-state index in [9.17, 15) is 39.0 Å². The maximum atomic E-state index is 14.4. The number of anilines is 2. The molecular formula is C89H128N10O21. The Hall–Kier alpha value is -8.44. The van der Waals surface area contributed by atoms with Crippen LogP contribution >= 0.6 is 0 Å². The van der Waals surface area contributed by atoms with E-state index < -0.39 is 60.1 Å². The van der Waals surface area contributed by atoms with Gasteiger partial charge in [-0.25, -0.2) is 24.2 Å². The summed E-state index contributed by atoms with van der Waals surface area (Å²) in [6.45, 7) is 17.8. The number of aromatic nitrogens is 5. The number of rotatable bonds is 37. The van der Waals surface area contributed by atoms with Gasteiger partial charge >= 0.3 is 12.1 Å². The Morgan fingerprint density at radius 3 is 2.10 bits per heavy atom. The van der Waals surface area contributed by atoms with E-state index in [1.165, 1.54) is 16.8 Å². The molecule has 1 aliphatic carbocycles.